The molecule has 8 nitrogen and oxygen atoms in total. The van der Waals surface area contributed by atoms with Crippen molar-refractivity contribution in [2.45, 2.75) is 77.7 Å². The number of allylic oxidation sites excluding steroid dienone is 4. The van der Waals surface area contributed by atoms with Crippen LogP contribution >= 0.6 is 7.82 Å². The van der Waals surface area contributed by atoms with Crippen molar-refractivity contribution in [1.29, 1.82) is 0 Å². The maximum Gasteiger partial charge on any atom is 0.475 e. The third-order valence-corrected chi connectivity index (χ3v) is 11.2. The molecule has 36 heavy (non-hydrogen) atoms. The molecule has 0 spiro atoms. The van der Waals surface area contributed by atoms with E-state index in [-0.39, 0.29) is 25.4 Å². The highest BCUT2D eigenvalue weighted by atomic mass is 31.2. The van der Waals surface area contributed by atoms with Crippen molar-refractivity contribution in [3.05, 3.63) is 23.8 Å². The van der Waals surface area contributed by atoms with Crippen molar-refractivity contribution < 1.29 is 42.3 Å². The number of aliphatic hydroxyl groups is 2. The Kier molecular flexibility index (Phi) is 7.11. The second-order valence-electron chi connectivity index (χ2n) is 11.1. The average Bonchev–Trinajstić information content (AvgIpc) is 3.01. The fourth-order valence-electron chi connectivity index (χ4n) is 7.82. The van der Waals surface area contributed by atoms with E-state index in [0.717, 1.165) is 0 Å². The van der Waals surface area contributed by atoms with Crippen molar-refractivity contribution >= 4 is 19.4 Å². The Hall–Kier alpha value is -1.22. The van der Waals surface area contributed by atoms with Gasteiger partial charge in [-0.3, -0.25) is 23.2 Å². The smallest absolute Gasteiger partial charge is 0.390 e. The number of carbonyl (C=O) groups excluding carboxylic acids is 2. The average molecular weight is 529 g/mol. The Labute approximate surface area is 211 Å². The van der Waals surface area contributed by atoms with Gasteiger partial charge in [0.1, 0.15) is 12.2 Å². The summed E-state index contributed by atoms with van der Waals surface area (Å²) >= 11 is 0. The van der Waals surface area contributed by atoms with Gasteiger partial charge in [-0.1, -0.05) is 25.5 Å². The summed E-state index contributed by atoms with van der Waals surface area (Å²) in [5.41, 5.74) is -5.60. The monoisotopic (exact) mass is 528 g/mol. The SMILES string of the molecule is CCOP(=O)(OCC)OCC(=O)[C@@]1(O)[C@H](C)C[C@H]2[C@@H]3CCC4=CC(=O)C=C[C@]4(C)[C@@]3(F)[C@@H](O)C[C@@]21C. The van der Waals surface area contributed by atoms with E-state index in [1.807, 2.05) is 0 Å². The number of hydrogen-bond acceptors (Lipinski definition) is 8. The molecule has 0 radical (unpaired) electrons. The lowest BCUT2D eigenvalue weighted by molar-refractivity contribution is -0.219. The number of phosphoric ester groups is 1. The molecule has 8 atom stereocenters. The third kappa shape index (κ3) is 3.69. The van der Waals surface area contributed by atoms with Gasteiger partial charge in [-0.25, -0.2) is 8.96 Å². The maximum atomic E-state index is 17.2. The Morgan fingerprint density at radius 2 is 1.83 bits per heavy atom. The highest BCUT2D eigenvalue weighted by Gasteiger charge is 2.75. The van der Waals surface area contributed by atoms with Crippen molar-refractivity contribution in [2.75, 3.05) is 19.8 Å². The van der Waals surface area contributed by atoms with Crippen molar-refractivity contribution in [2.24, 2.45) is 28.6 Å². The molecular formula is C26H38FO8P. The van der Waals surface area contributed by atoms with Crippen LogP contribution in [0.1, 0.15) is 60.3 Å². The Morgan fingerprint density at radius 1 is 1.19 bits per heavy atom. The third-order valence-electron chi connectivity index (χ3n) is 9.58. The largest absolute Gasteiger partial charge is 0.475 e. The van der Waals surface area contributed by atoms with E-state index >= 15 is 4.39 Å². The summed E-state index contributed by atoms with van der Waals surface area (Å²) in [6.07, 6.45) is 4.07. The molecule has 0 aromatic carbocycles. The predicted molar refractivity (Wildman–Crippen MR) is 130 cm³/mol. The van der Waals surface area contributed by atoms with E-state index in [1.165, 1.54) is 12.2 Å². The molecule has 202 valence electrons. The van der Waals surface area contributed by atoms with Crippen molar-refractivity contribution in [3.8, 4) is 0 Å². The van der Waals surface area contributed by atoms with Crippen LogP contribution in [-0.2, 0) is 27.7 Å². The molecule has 10 heteroatoms. The molecule has 0 unspecified atom stereocenters. The number of fused-ring (bicyclic) bond motifs is 5. The first-order valence-electron chi connectivity index (χ1n) is 12.8. The number of ketones is 2. The molecule has 4 rings (SSSR count). The van der Waals surface area contributed by atoms with Crippen LogP contribution < -0.4 is 0 Å². The fourth-order valence-corrected chi connectivity index (χ4v) is 8.95. The highest BCUT2D eigenvalue weighted by molar-refractivity contribution is 7.48. The van der Waals surface area contributed by atoms with E-state index in [0.29, 0.717) is 24.8 Å². The molecular weight excluding hydrogens is 490 g/mol. The van der Waals surface area contributed by atoms with Gasteiger partial charge < -0.3 is 10.2 Å². The number of alkyl halides is 1. The van der Waals surface area contributed by atoms with Crippen LogP contribution in [0, 0.1) is 28.6 Å². The molecule has 4 aliphatic carbocycles. The van der Waals surface area contributed by atoms with Crippen LogP contribution in [0.3, 0.4) is 0 Å². The summed E-state index contributed by atoms with van der Waals surface area (Å²) in [6.45, 7) is 7.84. The van der Waals surface area contributed by atoms with Crippen molar-refractivity contribution in [1.82, 2.24) is 0 Å². The van der Waals surface area contributed by atoms with Gasteiger partial charge >= 0.3 is 7.82 Å². The number of Topliss-reactive ketones (excluding diaryl/α,β-unsaturated/α-hetero) is 1. The molecule has 0 heterocycles. The van der Waals surface area contributed by atoms with Crippen LogP contribution in [0.5, 0.6) is 0 Å². The lowest BCUT2D eigenvalue weighted by Gasteiger charge is -2.62. The number of rotatable bonds is 8. The summed E-state index contributed by atoms with van der Waals surface area (Å²) in [5.74, 6) is -2.46. The van der Waals surface area contributed by atoms with E-state index in [1.54, 1.807) is 40.7 Å². The second-order valence-corrected chi connectivity index (χ2v) is 12.8. The minimum atomic E-state index is -3.98. The quantitative estimate of drug-likeness (QED) is 0.452. The van der Waals surface area contributed by atoms with Gasteiger partial charge in [0.2, 0.25) is 0 Å². The van der Waals surface area contributed by atoms with Crippen LogP contribution in [0.2, 0.25) is 0 Å². The summed E-state index contributed by atoms with van der Waals surface area (Å²) in [4.78, 5) is 25.5. The number of halogens is 1. The van der Waals surface area contributed by atoms with Crippen LogP contribution in [0.4, 0.5) is 4.39 Å². The highest BCUT2D eigenvalue weighted by Crippen LogP contribution is 2.70. The molecule has 0 aliphatic heterocycles. The summed E-state index contributed by atoms with van der Waals surface area (Å²) in [6, 6.07) is 0. The van der Waals surface area contributed by atoms with Gasteiger partial charge in [0.15, 0.2) is 17.2 Å². The lowest BCUT2D eigenvalue weighted by atomic mass is 9.44. The minimum Gasteiger partial charge on any atom is -0.390 e. The zero-order chi connectivity index (χ0) is 26.7. The molecule has 0 amide bonds. The molecule has 0 aromatic rings. The van der Waals surface area contributed by atoms with Gasteiger partial charge in [-0.2, -0.15) is 0 Å². The number of carbonyl (C=O) groups is 2. The van der Waals surface area contributed by atoms with Gasteiger partial charge in [0, 0.05) is 16.7 Å². The normalized spacial score (nSPS) is 44.0. The Morgan fingerprint density at radius 3 is 2.44 bits per heavy atom. The fraction of sp³-hybridized carbons (Fsp3) is 0.769. The maximum absolute atomic E-state index is 17.2. The number of hydrogen-bond donors (Lipinski definition) is 2. The first-order valence-corrected chi connectivity index (χ1v) is 14.3. The topological polar surface area (TPSA) is 119 Å². The molecule has 0 bridgehead atoms. The van der Waals surface area contributed by atoms with Gasteiger partial charge in [0.25, 0.3) is 0 Å². The summed E-state index contributed by atoms with van der Waals surface area (Å²) in [7, 11) is -3.98. The predicted octanol–water partition coefficient (Wildman–Crippen LogP) is 4.10. The van der Waals surface area contributed by atoms with Gasteiger partial charge in [-0.15, -0.1) is 0 Å². The second kappa shape index (κ2) is 9.21. The van der Waals surface area contributed by atoms with E-state index in [4.69, 9.17) is 13.6 Å². The van der Waals surface area contributed by atoms with E-state index in [9.17, 15) is 24.4 Å². The molecule has 0 saturated heterocycles. The van der Waals surface area contributed by atoms with Gasteiger partial charge in [0.05, 0.1) is 19.3 Å². The first-order chi connectivity index (χ1) is 16.7. The minimum absolute atomic E-state index is 0.0492. The number of phosphoric acid groups is 1. The van der Waals surface area contributed by atoms with Crippen LogP contribution in [0.15, 0.2) is 23.8 Å². The van der Waals surface area contributed by atoms with Crippen LogP contribution in [-0.4, -0.2) is 59.0 Å². The van der Waals surface area contributed by atoms with Gasteiger partial charge in [-0.05, 0) is 70.4 Å². The summed E-state index contributed by atoms with van der Waals surface area (Å²) in [5, 5.41) is 23.3. The Bertz CT molecular complexity index is 1030. The van der Waals surface area contributed by atoms with Crippen molar-refractivity contribution in [3.63, 3.8) is 0 Å². The molecule has 4 aliphatic rings. The molecule has 0 aromatic heterocycles. The number of aliphatic hydroxyl groups excluding tert-OH is 1. The summed E-state index contributed by atoms with van der Waals surface area (Å²) < 4.78 is 45.4. The standard InChI is InChI=1S/C26H38FO8P/c1-6-33-36(32,34-7-2)35-15-22(30)26(31)16(3)12-20-19-9-8-17-13-18(28)10-11-23(17,4)25(19,27)21(29)14-24(20,26)5/h10-11,13,16,19-21,29,31H,6-9,12,14-15H2,1-5H3/t16-,19+,20+,21+,23+,24+,25+,26+/m1/s1. The van der Waals surface area contributed by atoms with E-state index < -0.39 is 66.2 Å². The Balaban J connectivity index is 1.66. The zero-order valence-electron chi connectivity index (χ0n) is 21.7. The lowest BCUT2D eigenvalue weighted by Crippen LogP contribution is -2.69. The molecule has 3 saturated carbocycles. The molecule has 3 fully saturated rings. The zero-order valence-corrected chi connectivity index (χ0v) is 22.6. The first kappa shape index (κ1) is 27.8. The van der Waals surface area contributed by atoms with E-state index in [2.05, 4.69) is 0 Å². The van der Waals surface area contributed by atoms with Crippen LogP contribution in [0.25, 0.3) is 0 Å². The molecule has 2 N–H and O–H groups in total.